The van der Waals surface area contributed by atoms with E-state index in [0.29, 0.717) is 6.54 Å². The van der Waals surface area contributed by atoms with Crippen molar-refractivity contribution in [1.29, 1.82) is 0 Å². The van der Waals surface area contributed by atoms with Crippen molar-refractivity contribution in [2.24, 2.45) is 4.99 Å². The van der Waals surface area contributed by atoms with Gasteiger partial charge in [-0.3, -0.25) is 0 Å². The monoisotopic (exact) mass is 370 g/mol. The van der Waals surface area contributed by atoms with Gasteiger partial charge in [-0.1, -0.05) is 97.9 Å². The molecule has 0 aliphatic carbocycles. The van der Waals surface area contributed by atoms with Crippen LogP contribution in [0, 0.1) is 6.92 Å². The highest BCUT2D eigenvalue weighted by Crippen LogP contribution is 2.08. The molecule has 0 spiro atoms. The van der Waals surface area contributed by atoms with Gasteiger partial charge < -0.3 is 10.2 Å². The molecule has 3 rings (SSSR count). The number of rotatable bonds is 8. The molecule has 0 aliphatic rings. The molecule has 0 bridgehead atoms. The van der Waals surface area contributed by atoms with Crippen LogP contribution >= 0.6 is 0 Å². The van der Waals surface area contributed by atoms with Gasteiger partial charge in [0.2, 0.25) is 0 Å². The number of hydrogen-bond acceptors (Lipinski definition) is 1. The normalized spacial score (nSPS) is 11.2. The van der Waals surface area contributed by atoms with Crippen molar-refractivity contribution in [3.8, 4) is 0 Å². The van der Waals surface area contributed by atoms with E-state index >= 15 is 0 Å². The van der Waals surface area contributed by atoms with Crippen LogP contribution in [-0.4, -0.2) is 17.4 Å². The molecule has 1 radical (unpaired) electrons. The number of nitrogens with one attached hydrogen (secondary N) is 1. The van der Waals surface area contributed by atoms with E-state index in [1.165, 1.54) is 16.7 Å². The third-order valence-corrected chi connectivity index (χ3v) is 4.49. The number of nitrogens with zero attached hydrogens (tertiary/aromatic N) is 2. The molecule has 0 heterocycles. The zero-order chi connectivity index (χ0) is 19.4. The van der Waals surface area contributed by atoms with Crippen LogP contribution in [0.1, 0.15) is 23.1 Å². The molecule has 0 amide bonds. The Morgan fingerprint density at radius 1 is 0.750 bits per heavy atom. The second kappa shape index (κ2) is 10.9. The summed E-state index contributed by atoms with van der Waals surface area (Å²) >= 11 is 0. The fourth-order valence-electron chi connectivity index (χ4n) is 3.05. The van der Waals surface area contributed by atoms with Gasteiger partial charge in [-0.25, -0.2) is 4.99 Å². The van der Waals surface area contributed by atoms with E-state index in [-0.39, 0.29) is 0 Å². The van der Waals surface area contributed by atoms with E-state index in [1.54, 1.807) is 0 Å². The van der Waals surface area contributed by atoms with Crippen LogP contribution in [-0.2, 0) is 19.6 Å². The topological polar surface area (TPSA) is 27.6 Å². The predicted octanol–water partition coefficient (Wildman–Crippen LogP) is 5.06. The Labute approximate surface area is 168 Å². The Hall–Kier alpha value is -3.07. The minimum Gasteiger partial charge on any atom is -0.352 e. The summed E-state index contributed by atoms with van der Waals surface area (Å²) in [7, 11) is 0. The standard InChI is InChI=1S/C25H28N3/c1-2-18-28(21-24-16-10-5-11-17-24)25(26-19-22-12-6-3-7-13-22)27-20-23-14-8-4-9-15-23/h3-17H,1-2,18-21H2,(H,26,27). The van der Waals surface area contributed by atoms with Gasteiger partial charge in [-0.15, -0.1) is 0 Å². The van der Waals surface area contributed by atoms with Gasteiger partial charge in [-0.05, 0) is 23.1 Å². The van der Waals surface area contributed by atoms with Crippen LogP contribution < -0.4 is 5.32 Å². The summed E-state index contributed by atoms with van der Waals surface area (Å²) < 4.78 is 0. The molecular formula is C25H28N3. The smallest absolute Gasteiger partial charge is 0.194 e. The number of benzene rings is 3. The summed E-state index contributed by atoms with van der Waals surface area (Å²) in [5.74, 6) is 0.917. The van der Waals surface area contributed by atoms with E-state index in [2.05, 4.69) is 89.9 Å². The molecule has 3 aromatic carbocycles. The Balaban J connectivity index is 1.78. The zero-order valence-electron chi connectivity index (χ0n) is 16.3. The predicted molar refractivity (Wildman–Crippen MR) is 118 cm³/mol. The fourth-order valence-corrected chi connectivity index (χ4v) is 3.05. The van der Waals surface area contributed by atoms with Gasteiger partial charge in [0.15, 0.2) is 5.96 Å². The van der Waals surface area contributed by atoms with Gasteiger partial charge >= 0.3 is 0 Å². The highest BCUT2D eigenvalue weighted by molar-refractivity contribution is 5.80. The largest absolute Gasteiger partial charge is 0.352 e. The minimum absolute atomic E-state index is 0.653. The molecule has 143 valence electrons. The van der Waals surface area contributed by atoms with Crippen molar-refractivity contribution in [3.63, 3.8) is 0 Å². The molecule has 28 heavy (non-hydrogen) atoms. The molecule has 0 saturated heterocycles. The lowest BCUT2D eigenvalue weighted by atomic mass is 10.2. The second-order valence-electron chi connectivity index (χ2n) is 6.73. The minimum atomic E-state index is 0.653. The Morgan fingerprint density at radius 3 is 1.86 bits per heavy atom. The van der Waals surface area contributed by atoms with Crippen LogP contribution in [0.3, 0.4) is 0 Å². The Kier molecular flexibility index (Phi) is 7.68. The van der Waals surface area contributed by atoms with E-state index in [4.69, 9.17) is 4.99 Å². The summed E-state index contributed by atoms with van der Waals surface area (Å²) in [6.45, 7) is 7.12. The number of aliphatic imine (C=N–C) groups is 1. The summed E-state index contributed by atoms with van der Waals surface area (Å²) in [5.41, 5.74) is 3.71. The third-order valence-electron chi connectivity index (χ3n) is 4.49. The maximum Gasteiger partial charge on any atom is 0.194 e. The molecule has 3 nitrogen and oxygen atoms in total. The molecule has 0 fully saturated rings. The van der Waals surface area contributed by atoms with Gasteiger partial charge in [-0.2, -0.15) is 0 Å². The van der Waals surface area contributed by atoms with Crippen LogP contribution in [0.5, 0.6) is 0 Å². The first-order chi connectivity index (χ1) is 13.8. The average molecular weight is 371 g/mol. The summed E-state index contributed by atoms with van der Waals surface area (Å²) in [5, 5.41) is 3.56. The van der Waals surface area contributed by atoms with Crippen molar-refractivity contribution < 1.29 is 0 Å². The quantitative estimate of drug-likeness (QED) is 0.443. The van der Waals surface area contributed by atoms with Crippen molar-refractivity contribution in [2.45, 2.75) is 26.1 Å². The number of guanidine groups is 1. The highest BCUT2D eigenvalue weighted by Gasteiger charge is 2.11. The van der Waals surface area contributed by atoms with Crippen LogP contribution in [0.15, 0.2) is 96.0 Å². The Morgan fingerprint density at radius 2 is 1.29 bits per heavy atom. The molecule has 3 aromatic rings. The molecular weight excluding hydrogens is 342 g/mol. The van der Waals surface area contributed by atoms with E-state index in [1.807, 2.05) is 18.2 Å². The first-order valence-electron chi connectivity index (χ1n) is 9.79. The second-order valence-corrected chi connectivity index (χ2v) is 6.73. The van der Waals surface area contributed by atoms with Gasteiger partial charge in [0, 0.05) is 19.6 Å². The SMILES string of the molecule is [CH2]CCN(Cc1ccccc1)C(=NCc1ccccc1)NCc1ccccc1. The maximum absolute atomic E-state index is 4.93. The first kappa shape index (κ1) is 19.7. The summed E-state index contributed by atoms with van der Waals surface area (Å²) in [6.07, 6.45) is 0.824. The van der Waals surface area contributed by atoms with Crippen LogP contribution in [0.4, 0.5) is 0 Å². The average Bonchev–Trinajstić information content (AvgIpc) is 2.76. The summed E-state index contributed by atoms with van der Waals surface area (Å²) in [6, 6.07) is 31.3. The van der Waals surface area contributed by atoms with E-state index < -0.39 is 0 Å². The third kappa shape index (κ3) is 6.27. The van der Waals surface area contributed by atoms with E-state index in [9.17, 15) is 0 Å². The molecule has 0 aromatic heterocycles. The molecule has 1 N–H and O–H groups in total. The van der Waals surface area contributed by atoms with Crippen molar-refractivity contribution in [3.05, 3.63) is 115 Å². The highest BCUT2D eigenvalue weighted by atomic mass is 15.3. The van der Waals surface area contributed by atoms with Crippen LogP contribution in [0.25, 0.3) is 0 Å². The number of hydrogen-bond donors (Lipinski definition) is 1. The first-order valence-corrected chi connectivity index (χ1v) is 9.79. The van der Waals surface area contributed by atoms with Gasteiger partial charge in [0.25, 0.3) is 0 Å². The van der Waals surface area contributed by atoms with Crippen molar-refractivity contribution in [1.82, 2.24) is 10.2 Å². The molecule has 0 saturated carbocycles. The molecule has 0 aliphatic heterocycles. The van der Waals surface area contributed by atoms with E-state index in [0.717, 1.165) is 32.0 Å². The van der Waals surface area contributed by atoms with Crippen molar-refractivity contribution in [2.75, 3.05) is 6.54 Å². The lowest BCUT2D eigenvalue weighted by molar-refractivity contribution is 0.400. The maximum atomic E-state index is 4.93. The Bertz CT molecular complexity index is 829. The lowest BCUT2D eigenvalue weighted by Gasteiger charge is -2.27. The molecule has 0 unspecified atom stereocenters. The van der Waals surface area contributed by atoms with Crippen LogP contribution in [0.2, 0.25) is 0 Å². The van der Waals surface area contributed by atoms with Crippen molar-refractivity contribution >= 4 is 5.96 Å². The summed E-state index contributed by atoms with van der Waals surface area (Å²) in [4.78, 5) is 7.21. The van der Waals surface area contributed by atoms with Gasteiger partial charge in [0.1, 0.15) is 0 Å². The molecule has 3 heteroatoms. The lowest BCUT2D eigenvalue weighted by Crippen LogP contribution is -2.41. The zero-order valence-corrected chi connectivity index (χ0v) is 16.3. The van der Waals surface area contributed by atoms with Gasteiger partial charge in [0.05, 0.1) is 6.54 Å². The fraction of sp³-hybridized carbons (Fsp3) is 0.200. The molecule has 0 atom stereocenters.